The first-order valence-electron chi connectivity index (χ1n) is 8.06. The Balaban J connectivity index is 1.65. The molecular formula is C20H15F2NO4. The summed E-state index contributed by atoms with van der Waals surface area (Å²) in [7, 11) is 0. The summed E-state index contributed by atoms with van der Waals surface area (Å²) < 4.78 is 37.3. The summed E-state index contributed by atoms with van der Waals surface area (Å²) in [5, 5.41) is 2.44. The maximum atomic E-state index is 13.8. The Morgan fingerprint density at radius 1 is 1.04 bits per heavy atom. The van der Waals surface area contributed by atoms with Crippen LogP contribution in [0.25, 0.3) is 11.3 Å². The van der Waals surface area contributed by atoms with Gasteiger partial charge in [0.05, 0.1) is 5.56 Å². The van der Waals surface area contributed by atoms with Crippen LogP contribution in [0.4, 0.5) is 14.5 Å². The number of amides is 1. The van der Waals surface area contributed by atoms with Crippen molar-refractivity contribution in [1.29, 1.82) is 0 Å². The van der Waals surface area contributed by atoms with Crippen LogP contribution >= 0.6 is 0 Å². The van der Waals surface area contributed by atoms with E-state index in [-0.39, 0.29) is 22.8 Å². The molecule has 1 N–H and O–H groups in total. The van der Waals surface area contributed by atoms with Gasteiger partial charge in [-0.15, -0.1) is 0 Å². The van der Waals surface area contributed by atoms with Gasteiger partial charge in [0.15, 0.2) is 6.10 Å². The number of hydrogen-bond donors (Lipinski definition) is 1. The average molecular weight is 371 g/mol. The summed E-state index contributed by atoms with van der Waals surface area (Å²) >= 11 is 0. The zero-order valence-corrected chi connectivity index (χ0v) is 14.2. The molecule has 0 aliphatic rings. The molecule has 0 spiro atoms. The van der Waals surface area contributed by atoms with Crippen LogP contribution in [0.1, 0.15) is 17.5 Å². The molecule has 5 nitrogen and oxygen atoms in total. The Kier molecular flexibility index (Phi) is 5.30. The lowest BCUT2D eigenvalue weighted by Crippen LogP contribution is -2.29. The van der Waals surface area contributed by atoms with Crippen LogP contribution in [0.3, 0.4) is 0 Å². The molecule has 0 aliphatic carbocycles. The van der Waals surface area contributed by atoms with Crippen LogP contribution in [-0.2, 0) is 9.53 Å². The molecule has 0 saturated carbocycles. The summed E-state index contributed by atoms with van der Waals surface area (Å²) in [5.74, 6) is -2.51. The van der Waals surface area contributed by atoms with Crippen LogP contribution in [0.5, 0.6) is 0 Å². The van der Waals surface area contributed by atoms with Gasteiger partial charge in [-0.1, -0.05) is 18.2 Å². The molecule has 0 radical (unpaired) electrons. The molecule has 0 bridgehead atoms. The maximum Gasteiger partial charge on any atom is 0.375 e. The number of halogens is 2. The number of carbonyl (C=O) groups is 2. The number of ether oxygens (including phenoxy) is 1. The molecule has 3 rings (SSSR count). The first-order chi connectivity index (χ1) is 12.9. The van der Waals surface area contributed by atoms with E-state index < -0.39 is 29.6 Å². The third kappa shape index (κ3) is 4.38. The lowest BCUT2D eigenvalue weighted by atomic mass is 10.1. The molecule has 1 atom stereocenters. The smallest absolute Gasteiger partial charge is 0.375 e. The molecule has 0 aliphatic heterocycles. The standard InChI is InChI=1S/C20H15F2NO4/c1-12(19(24)23-14-6-4-5-13(21)11-14)26-20(25)18-10-9-17(27-18)15-7-2-3-8-16(15)22/h2-12H,1H3,(H,23,24)/t12-/m0/s1. The van der Waals surface area contributed by atoms with Crippen molar-refractivity contribution in [3.63, 3.8) is 0 Å². The zero-order chi connectivity index (χ0) is 19.4. The summed E-state index contributed by atoms with van der Waals surface area (Å²) in [6.45, 7) is 1.37. The molecular weight excluding hydrogens is 356 g/mol. The first kappa shape index (κ1) is 18.3. The zero-order valence-electron chi connectivity index (χ0n) is 14.2. The number of esters is 1. The fourth-order valence-corrected chi connectivity index (χ4v) is 2.34. The monoisotopic (exact) mass is 371 g/mol. The molecule has 138 valence electrons. The van der Waals surface area contributed by atoms with Gasteiger partial charge in [0.1, 0.15) is 17.4 Å². The Morgan fingerprint density at radius 3 is 2.56 bits per heavy atom. The van der Waals surface area contributed by atoms with Gasteiger partial charge in [0, 0.05) is 5.69 Å². The van der Waals surface area contributed by atoms with Gasteiger partial charge in [-0.2, -0.15) is 0 Å². The van der Waals surface area contributed by atoms with Crippen molar-refractivity contribution >= 4 is 17.6 Å². The highest BCUT2D eigenvalue weighted by molar-refractivity contribution is 5.96. The normalized spacial score (nSPS) is 11.7. The van der Waals surface area contributed by atoms with Crippen molar-refractivity contribution in [2.45, 2.75) is 13.0 Å². The van der Waals surface area contributed by atoms with Gasteiger partial charge in [-0.25, -0.2) is 13.6 Å². The lowest BCUT2D eigenvalue weighted by molar-refractivity contribution is -0.123. The van der Waals surface area contributed by atoms with Crippen LogP contribution in [-0.4, -0.2) is 18.0 Å². The van der Waals surface area contributed by atoms with Crippen molar-refractivity contribution in [3.8, 4) is 11.3 Å². The highest BCUT2D eigenvalue weighted by Gasteiger charge is 2.22. The van der Waals surface area contributed by atoms with Gasteiger partial charge in [0.2, 0.25) is 5.76 Å². The number of anilines is 1. The van der Waals surface area contributed by atoms with Crippen LogP contribution in [0.15, 0.2) is 65.1 Å². The molecule has 7 heteroatoms. The molecule has 3 aromatic rings. The second kappa shape index (κ2) is 7.82. The van der Waals surface area contributed by atoms with Gasteiger partial charge < -0.3 is 14.5 Å². The van der Waals surface area contributed by atoms with E-state index in [2.05, 4.69) is 5.32 Å². The van der Waals surface area contributed by atoms with Crippen molar-refractivity contribution in [1.82, 2.24) is 0 Å². The highest BCUT2D eigenvalue weighted by Crippen LogP contribution is 2.25. The number of carbonyl (C=O) groups excluding carboxylic acids is 2. The van der Waals surface area contributed by atoms with E-state index in [9.17, 15) is 18.4 Å². The predicted octanol–water partition coefficient (Wildman–Crippen LogP) is 4.41. The third-order valence-electron chi connectivity index (χ3n) is 3.69. The number of nitrogens with one attached hydrogen (secondary N) is 1. The highest BCUT2D eigenvalue weighted by atomic mass is 19.1. The largest absolute Gasteiger partial charge is 0.449 e. The number of benzene rings is 2. The maximum absolute atomic E-state index is 13.8. The lowest BCUT2D eigenvalue weighted by Gasteiger charge is -2.12. The van der Waals surface area contributed by atoms with Gasteiger partial charge in [-0.05, 0) is 49.4 Å². The quantitative estimate of drug-likeness (QED) is 0.675. The van der Waals surface area contributed by atoms with Crippen molar-refractivity contribution in [3.05, 3.63) is 78.1 Å². The van der Waals surface area contributed by atoms with E-state index in [4.69, 9.17) is 9.15 Å². The SMILES string of the molecule is C[C@H](OC(=O)c1ccc(-c2ccccc2F)o1)C(=O)Nc1cccc(F)c1. The molecule has 1 aromatic heterocycles. The van der Waals surface area contributed by atoms with Gasteiger partial charge in [-0.3, -0.25) is 4.79 Å². The number of furan rings is 1. The minimum Gasteiger partial charge on any atom is -0.449 e. The van der Waals surface area contributed by atoms with Gasteiger partial charge >= 0.3 is 5.97 Å². The molecule has 27 heavy (non-hydrogen) atoms. The van der Waals surface area contributed by atoms with E-state index in [0.717, 1.165) is 6.07 Å². The fourth-order valence-electron chi connectivity index (χ4n) is 2.34. The first-order valence-corrected chi connectivity index (χ1v) is 8.06. The second-order valence-electron chi connectivity index (χ2n) is 5.69. The molecule has 0 fully saturated rings. The minimum atomic E-state index is -1.15. The van der Waals surface area contributed by atoms with E-state index in [1.807, 2.05) is 0 Å². The molecule has 2 aromatic carbocycles. The predicted molar refractivity (Wildman–Crippen MR) is 94.0 cm³/mol. The molecule has 0 saturated heterocycles. The Bertz CT molecular complexity index is 983. The van der Waals surface area contributed by atoms with Crippen molar-refractivity contribution in [2.75, 3.05) is 5.32 Å². The van der Waals surface area contributed by atoms with E-state index >= 15 is 0 Å². The van der Waals surface area contributed by atoms with E-state index in [1.54, 1.807) is 6.07 Å². The Labute approximate surface area is 153 Å². The summed E-state index contributed by atoms with van der Waals surface area (Å²) in [6.07, 6.45) is -1.15. The van der Waals surface area contributed by atoms with Crippen LogP contribution in [0.2, 0.25) is 0 Å². The topological polar surface area (TPSA) is 68.5 Å². The minimum absolute atomic E-state index is 0.164. The third-order valence-corrected chi connectivity index (χ3v) is 3.69. The van der Waals surface area contributed by atoms with E-state index in [0.29, 0.717) is 0 Å². The molecule has 0 unspecified atom stereocenters. The molecule has 1 heterocycles. The van der Waals surface area contributed by atoms with E-state index in [1.165, 1.54) is 55.5 Å². The second-order valence-corrected chi connectivity index (χ2v) is 5.69. The van der Waals surface area contributed by atoms with Crippen LogP contribution in [0, 0.1) is 11.6 Å². The fraction of sp³-hybridized carbons (Fsp3) is 0.100. The average Bonchev–Trinajstić information content (AvgIpc) is 3.12. The molecule has 1 amide bonds. The Morgan fingerprint density at radius 2 is 1.81 bits per heavy atom. The van der Waals surface area contributed by atoms with Crippen molar-refractivity contribution in [2.24, 2.45) is 0 Å². The van der Waals surface area contributed by atoms with Crippen LogP contribution < -0.4 is 5.32 Å². The van der Waals surface area contributed by atoms with Gasteiger partial charge in [0.25, 0.3) is 5.91 Å². The Hall–Kier alpha value is -3.48. The summed E-state index contributed by atoms with van der Waals surface area (Å²) in [5.41, 5.74) is 0.441. The summed E-state index contributed by atoms with van der Waals surface area (Å²) in [4.78, 5) is 24.2. The van der Waals surface area contributed by atoms with Crippen molar-refractivity contribution < 1.29 is 27.5 Å². The summed E-state index contributed by atoms with van der Waals surface area (Å²) in [6, 6.07) is 14.1. The number of rotatable bonds is 5. The number of hydrogen-bond acceptors (Lipinski definition) is 4.